The predicted octanol–water partition coefficient (Wildman–Crippen LogP) is 3.87. The molecule has 0 aliphatic heterocycles. The molecule has 1 aromatic heterocycles. The Morgan fingerprint density at radius 1 is 1.14 bits per heavy atom. The van der Waals surface area contributed by atoms with Gasteiger partial charge in [0, 0.05) is 16.3 Å². The molecule has 0 radical (unpaired) electrons. The van der Waals surface area contributed by atoms with Crippen LogP contribution >= 0.6 is 11.6 Å². The summed E-state index contributed by atoms with van der Waals surface area (Å²) in [5, 5.41) is 8.83. The first-order chi connectivity index (χ1) is 10.1. The molecule has 2 N–H and O–H groups in total. The van der Waals surface area contributed by atoms with Crippen LogP contribution in [0.3, 0.4) is 0 Å². The molecule has 0 aliphatic carbocycles. The lowest BCUT2D eigenvalue weighted by atomic mass is 10.1. The maximum Gasteiger partial charge on any atom is 0.247 e. The summed E-state index contributed by atoms with van der Waals surface area (Å²) in [6, 6.07) is 13.3. The second-order valence-electron chi connectivity index (χ2n) is 4.88. The summed E-state index contributed by atoms with van der Waals surface area (Å²) in [5.41, 5.74) is 9.49. The number of benzene rings is 2. The molecule has 3 aromatic rings. The SMILES string of the molecule is Cc1ccc(-c2nnc(Cc3cccc(Cl)c3)o2)cc1N. The van der Waals surface area contributed by atoms with Crippen molar-refractivity contribution in [3.63, 3.8) is 0 Å². The fourth-order valence-electron chi connectivity index (χ4n) is 2.04. The number of anilines is 1. The summed E-state index contributed by atoms with van der Waals surface area (Å²) in [6.45, 7) is 1.96. The van der Waals surface area contributed by atoms with E-state index in [1.165, 1.54) is 0 Å². The highest BCUT2D eigenvalue weighted by molar-refractivity contribution is 6.30. The molecule has 4 nitrogen and oxygen atoms in total. The highest BCUT2D eigenvalue weighted by Gasteiger charge is 2.10. The molecule has 0 fully saturated rings. The van der Waals surface area contributed by atoms with Crippen molar-refractivity contribution >= 4 is 17.3 Å². The molecule has 5 heteroatoms. The van der Waals surface area contributed by atoms with Gasteiger partial charge in [-0.3, -0.25) is 0 Å². The van der Waals surface area contributed by atoms with Crippen LogP contribution in [-0.2, 0) is 6.42 Å². The van der Waals surface area contributed by atoms with Crippen molar-refractivity contribution in [1.29, 1.82) is 0 Å². The fourth-order valence-corrected chi connectivity index (χ4v) is 2.25. The van der Waals surface area contributed by atoms with Gasteiger partial charge in [0.2, 0.25) is 11.8 Å². The van der Waals surface area contributed by atoms with E-state index in [1.54, 1.807) is 0 Å². The summed E-state index contributed by atoms with van der Waals surface area (Å²) in [4.78, 5) is 0. The van der Waals surface area contributed by atoms with Gasteiger partial charge in [0.15, 0.2) is 0 Å². The molecule has 0 amide bonds. The van der Waals surface area contributed by atoms with Crippen LogP contribution < -0.4 is 5.73 Å². The summed E-state index contributed by atoms with van der Waals surface area (Å²) in [7, 11) is 0. The number of nitrogen functional groups attached to an aromatic ring is 1. The van der Waals surface area contributed by atoms with Gasteiger partial charge in [0.1, 0.15) is 0 Å². The number of aryl methyl sites for hydroxylation is 1. The zero-order valence-corrected chi connectivity index (χ0v) is 12.3. The number of halogens is 1. The third-order valence-electron chi connectivity index (χ3n) is 3.24. The third-order valence-corrected chi connectivity index (χ3v) is 3.47. The summed E-state index contributed by atoms with van der Waals surface area (Å²) < 4.78 is 5.69. The van der Waals surface area contributed by atoms with Gasteiger partial charge in [-0.05, 0) is 42.3 Å². The van der Waals surface area contributed by atoms with E-state index in [1.807, 2.05) is 49.4 Å². The van der Waals surface area contributed by atoms with Gasteiger partial charge >= 0.3 is 0 Å². The summed E-state index contributed by atoms with van der Waals surface area (Å²) in [5.74, 6) is 1.02. The molecular weight excluding hydrogens is 286 g/mol. The molecule has 3 rings (SSSR count). The zero-order chi connectivity index (χ0) is 14.8. The van der Waals surface area contributed by atoms with E-state index in [-0.39, 0.29) is 0 Å². The minimum atomic E-state index is 0.471. The van der Waals surface area contributed by atoms with E-state index in [9.17, 15) is 0 Å². The standard InChI is InChI=1S/C16H14ClN3O/c1-10-5-6-12(9-14(10)18)16-20-19-15(21-16)8-11-3-2-4-13(17)7-11/h2-7,9H,8,18H2,1H3. The van der Waals surface area contributed by atoms with Crippen LogP contribution in [0.15, 0.2) is 46.9 Å². The van der Waals surface area contributed by atoms with Gasteiger partial charge in [-0.15, -0.1) is 10.2 Å². The first-order valence-corrected chi connectivity index (χ1v) is 6.93. The van der Waals surface area contributed by atoms with Crippen LogP contribution in [0.25, 0.3) is 11.5 Å². The van der Waals surface area contributed by atoms with Gasteiger partial charge in [-0.25, -0.2) is 0 Å². The van der Waals surface area contributed by atoms with Gasteiger partial charge in [-0.1, -0.05) is 29.8 Å². The predicted molar refractivity (Wildman–Crippen MR) is 83.1 cm³/mol. The molecule has 0 saturated heterocycles. The van der Waals surface area contributed by atoms with E-state index < -0.39 is 0 Å². The van der Waals surface area contributed by atoms with Crippen LogP contribution in [-0.4, -0.2) is 10.2 Å². The number of hydrogen-bond acceptors (Lipinski definition) is 4. The number of hydrogen-bond donors (Lipinski definition) is 1. The summed E-state index contributed by atoms with van der Waals surface area (Å²) in [6.07, 6.45) is 0.550. The molecule has 0 saturated carbocycles. The smallest absolute Gasteiger partial charge is 0.247 e. The Balaban J connectivity index is 1.84. The molecular formula is C16H14ClN3O. The minimum Gasteiger partial charge on any atom is -0.420 e. The van der Waals surface area contributed by atoms with Gasteiger partial charge in [0.05, 0.1) is 6.42 Å². The lowest BCUT2D eigenvalue weighted by Crippen LogP contribution is -1.89. The Hall–Kier alpha value is -2.33. The van der Waals surface area contributed by atoms with Crippen LogP contribution in [0.4, 0.5) is 5.69 Å². The van der Waals surface area contributed by atoms with Crippen LogP contribution in [0.5, 0.6) is 0 Å². The average Bonchev–Trinajstić information content (AvgIpc) is 2.90. The number of aromatic nitrogens is 2. The Labute approximate surface area is 127 Å². The minimum absolute atomic E-state index is 0.471. The molecule has 0 aliphatic rings. The van der Waals surface area contributed by atoms with E-state index in [4.69, 9.17) is 21.8 Å². The average molecular weight is 300 g/mol. The lowest BCUT2D eigenvalue weighted by molar-refractivity contribution is 0.518. The van der Waals surface area contributed by atoms with Crippen LogP contribution in [0.2, 0.25) is 5.02 Å². The zero-order valence-electron chi connectivity index (χ0n) is 11.5. The molecule has 2 aromatic carbocycles. The van der Waals surface area contributed by atoms with E-state index in [0.29, 0.717) is 28.9 Å². The van der Waals surface area contributed by atoms with Crippen molar-refractivity contribution in [2.75, 3.05) is 5.73 Å². The van der Waals surface area contributed by atoms with Crippen LogP contribution in [0, 0.1) is 6.92 Å². The lowest BCUT2D eigenvalue weighted by Gasteiger charge is -2.01. The quantitative estimate of drug-likeness (QED) is 0.746. The van der Waals surface area contributed by atoms with Crippen molar-refractivity contribution in [2.24, 2.45) is 0 Å². The highest BCUT2D eigenvalue weighted by atomic mass is 35.5. The molecule has 0 atom stereocenters. The molecule has 0 spiro atoms. The number of nitrogens with zero attached hydrogens (tertiary/aromatic N) is 2. The normalized spacial score (nSPS) is 10.8. The molecule has 106 valence electrons. The Kier molecular flexibility index (Phi) is 3.62. The second kappa shape index (κ2) is 5.58. The monoisotopic (exact) mass is 299 g/mol. The second-order valence-corrected chi connectivity index (χ2v) is 5.32. The Morgan fingerprint density at radius 2 is 2.00 bits per heavy atom. The van der Waals surface area contributed by atoms with E-state index >= 15 is 0 Å². The molecule has 0 bridgehead atoms. The van der Waals surface area contributed by atoms with Crippen molar-refractivity contribution in [3.05, 3.63) is 64.5 Å². The fraction of sp³-hybridized carbons (Fsp3) is 0.125. The molecule has 0 unspecified atom stereocenters. The van der Waals surface area contributed by atoms with Crippen molar-refractivity contribution in [2.45, 2.75) is 13.3 Å². The largest absolute Gasteiger partial charge is 0.420 e. The number of rotatable bonds is 3. The first-order valence-electron chi connectivity index (χ1n) is 6.55. The maximum atomic E-state index is 5.96. The van der Waals surface area contributed by atoms with Crippen molar-refractivity contribution < 1.29 is 4.42 Å². The number of nitrogens with two attached hydrogens (primary N) is 1. The van der Waals surface area contributed by atoms with Crippen LogP contribution in [0.1, 0.15) is 17.0 Å². The Morgan fingerprint density at radius 3 is 2.76 bits per heavy atom. The topological polar surface area (TPSA) is 64.9 Å². The molecule has 1 heterocycles. The highest BCUT2D eigenvalue weighted by Crippen LogP contribution is 2.23. The van der Waals surface area contributed by atoms with Crippen molar-refractivity contribution in [3.8, 4) is 11.5 Å². The first kappa shape index (κ1) is 13.6. The summed E-state index contributed by atoms with van der Waals surface area (Å²) >= 11 is 5.96. The van der Waals surface area contributed by atoms with Crippen molar-refractivity contribution in [1.82, 2.24) is 10.2 Å². The third kappa shape index (κ3) is 3.06. The van der Waals surface area contributed by atoms with Gasteiger partial charge < -0.3 is 10.2 Å². The van der Waals surface area contributed by atoms with Gasteiger partial charge in [-0.2, -0.15) is 0 Å². The van der Waals surface area contributed by atoms with E-state index in [2.05, 4.69) is 10.2 Å². The molecule has 21 heavy (non-hydrogen) atoms. The van der Waals surface area contributed by atoms with E-state index in [0.717, 1.165) is 16.7 Å². The Bertz CT molecular complexity index is 783. The maximum absolute atomic E-state index is 5.96. The van der Waals surface area contributed by atoms with Gasteiger partial charge in [0.25, 0.3) is 0 Å².